The van der Waals surface area contributed by atoms with E-state index >= 15 is 0 Å². The van der Waals surface area contributed by atoms with Gasteiger partial charge in [-0.3, -0.25) is 9.69 Å². The minimum Gasteiger partial charge on any atom is -0.387 e. The summed E-state index contributed by atoms with van der Waals surface area (Å²) in [5, 5.41) is 13.4. The molecule has 0 unspecified atom stereocenters. The van der Waals surface area contributed by atoms with Gasteiger partial charge in [-0.1, -0.05) is 25.7 Å². The first-order valence-corrected chi connectivity index (χ1v) is 7.90. The van der Waals surface area contributed by atoms with Crippen LogP contribution in [0.4, 0.5) is 0 Å². The van der Waals surface area contributed by atoms with E-state index in [9.17, 15) is 9.90 Å². The lowest BCUT2D eigenvalue weighted by Crippen LogP contribution is -2.64. The third kappa shape index (κ3) is 3.29. The lowest BCUT2D eigenvalue weighted by molar-refractivity contribution is -0.137. The molecule has 0 spiro atoms. The van der Waals surface area contributed by atoms with Crippen LogP contribution in [0.2, 0.25) is 0 Å². The first kappa shape index (κ1) is 13.4. The maximum atomic E-state index is 12.0. The van der Waals surface area contributed by atoms with Crippen LogP contribution in [-0.4, -0.2) is 47.2 Å². The summed E-state index contributed by atoms with van der Waals surface area (Å²) in [7, 11) is 0. The number of β-amino-alcohol motifs (C(OH)–C–C–N with tert-alkyl or cyclic N) is 1. The van der Waals surface area contributed by atoms with Gasteiger partial charge in [-0.15, -0.1) is 0 Å². The van der Waals surface area contributed by atoms with Gasteiger partial charge < -0.3 is 10.4 Å². The second-order valence-corrected chi connectivity index (χ2v) is 6.78. The first-order valence-electron chi connectivity index (χ1n) is 7.90. The number of carbonyl (C=O) groups excluding carboxylic acids is 1. The van der Waals surface area contributed by atoms with Gasteiger partial charge in [-0.05, 0) is 31.6 Å². The molecule has 1 aliphatic heterocycles. The molecule has 2 aliphatic carbocycles. The standard InChI is InChI=1S/C15H26N2O2/c18-14(16-13-5-3-1-2-4-6-13)9-17-10-15(19,11-17)12-7-8-12/h12-13,19H,1-11H2,(H,16,18). The molecular formula is C15H26N2O2. The molecule has 3 aliphatic rings. The van der Waals surface area contributed by atoms with Crippen molar-refractivity contribution in [2.24, 2.45) is 5.92 Å². The van der Waals surface area contributed by atoms with Crippen molar-refractivity contribution in [3.05, 3.63) is 0 Å². The number of aliphatic hydroxyl groups is 1. The molecule has 1 heterocycles. The van der Waals surface area contributed by atoms with Gasteiger partial charge in [-0.2, -0.15) is 0 Å². The third-order valence-electron chi connectivity index (χ3n) is 4.92. The molecule has 19 heavy (non-hydrogen) atoms. The molecule has 4 nitrogen and oxygen atoms in total. The van der Waals surface area contributed by atoms with E-state index in [1.807, 2.05) is 0 Å². The van der Waals surface area contributed by atoms with Crippen molar-refractivity contribution < 1.29 is 9.90 Å². The van der Waals surface area contributed by atoms with E-state index in [0.29, 0.717) is 31.6 Å². The molecule has 1 amide bonds. The van der Waals surface area contributed by atoms with Crippen molar-refractivity contribution >= 4 is 5.91 Å². The number of amides is 1. The molecule has 108 valence electrons. The smallest absolute Gasteiger partial charge is 0.234 e. The van der Waals surface area contributed by atoms with Gasteiger partial charge in [0.05, 0.1) is 12.1 Å². The van der Waals surface area contributed by atoms with Crippen molar-refractivity contribution in [2.45, 2.75) is 63.0 Å². The maximum Gasteiger partial charge on any atom is 0.234 e. The summed E-state index contributed by atoms with van der Waals surface area (Å²) in [6.07, 6.45) is 9.72. The van der Waals surface area contributed by atoms with Crippen LogP contribution in [-0.2, 0) is 4.79 Å². The molecular weight excluding hydrogens is 240 g/mol. The Morgan fingerprint density at radius 1 is 1.11 bits per heavy atom. The SMILES string of the molecule is O=C(CN1CC(O)(C2CC2)C1)NC1CCCCCC1. The van der Waals surface area contributed by atoms with Crippen molar-refractivity contribution in [3.63, 3.8) is 0 Å². The number of likely N-dealkylation sites (tertiary alicyclic amines) is 1. The lowest BCUT2D eigenvalue weighted by Gasteiger charge is -2.46. The summed E-state index contributed by atoms with van der Waals surface area (Å²) in [6, 6.07) is 0.388. The lowest BCUT2D eigenvalue weighted by atomic mass is 9.89. The monoisotopic (exact) mass is 266 g/mol. The molecule has 4 heteroatoms. The highest BCUT2D eigenvalue weighted by Crippen LogP contribution is 2.44. The number of rotatable bonds is 4. The number of carbonyl (C=O) groups is 1. The molecule has 2 saturated carbocycles. The Hall–Kier alpha value is -0.610. The summed E-state index contributed by atoms with van der Waals surface area (Å²) < 4.78 is 0. The second-order valence-electron chi connectivity index (χ2n) is 6.78. The van der Waals surface area contributed by atoms with Gasteiger partial charge in [0, 0.05) is 19.1 Å². The van der Waals surface area contributed by atoms with Gasteiger partial charge in [0.15, 0.2) is 0 Å². The number of nitrogens with zero attached hydrogens (tertiary/aromatic N) is 1. The summed E-state index contributed by atoms with van der Waals surface area (Å²) >= 11 is 0. The highest BCUT2D eigenvalue weighted by atomic mass is 16.3. The van der Waals surface area contributed by atoms with Crippen molar-refractivity contribution in [2.75, 3.05) is 19.6 Å². The molecule has 3 fully saturated rings. The average molecular weight is 266 g/mol. The van der Waals surface area contributed by atoms with E-state index in [-0.39, 0.29) is 5.91 Å². The van der Waals surface area contributed by atoms with Crippen molar-refractivity contribution in [1.82, 2.24) is 10.2 Å². The number of hydrogen-bond acceptors (Lipinski definition) is 3. The zero-order chi connectivity index (χ0) is 13.3. The fourth-order valence-corrected chi connectivity index (χ4v) is 3.62. The van der Waals surface area contributed by atoms with Gasteiger partial charge in [0.25, 0.3) is 0 Å². The van der Waals surface area contributed by atoms with Crippen LogP contribution < -0.4 is 5.32 Å². The predicted octanol–water partition coefficient (Wildman–Crippen LogP) is 1.28. The zero-order valence-electron chi connectivity index (χ0n) is 11.7. The molecule has 0 radical (unpaired) electrons. The van der Waals surface area contributed by atoms with Crippen LogP contribution in [0.5, 0.6) is 0 Å². The zero-order valence-corrected chi connectivity index (χ0v) is 11.7. The number of hydrogen-bond donors (Lipinski definition) is 2. The molecule has 0 atom stereocenters. The first-order chi connectivity index (χ1) is 9.16. The Balaban J connectivity index is 1.37. The summed E-state index contributed by atoms with van der Waals surface area (Å²) in [4.78, 5) is 14.1. The van der Waals surface area contributed by atoms with Gasteiger partial charge in [-0.25, -0.2) is 0 Å². The summed E-state index contributed by atoms with van der Waals surface area (Å²) in [5.41, 5.74) is -0.470. The van der Waals surface area contributed by atoms with E-state index in [0.717, 1.165) is 12.8 Å². The van der Waals surface area contributed by atoms with Crippen molar-refractivity contribution in [3.8, 4) is 0 Å². The Bertz CT molecular complexity index is 327. The Morgan fingerprint density at radius 2 is 1.74 bits per heavy atom. The van der Waals surface area contributed by atoms with Gasteiger partial charge in [0.1, 0.15) is 0 Å². The topological polar surface area (TPSA) is 52.6 Å². The van der Waals surface area contributed by atoms with E-state index in [1.54, 1.807) is 0 Å². The van der Waals surface area contributed by atoms with E-state index in [1.165, 1.54) is 38.5 Å². The van der Waals surface area contributed by atoms with Crippen LogP contribution in [0, 0.1) is 5.92 Å². The molecule has 3 rings (SSSR count). The average Bonchev–Trinajstić information content (AvgIpc) is 3.14. The largest absolute Gasteiger partial charge is 0.387 e. The molecule has 1 saturated heterocycles. The van der Waals surface area contributed by atoms with Crippen LogP contribution in [0.25, 0.3) is 0 Å². The highest BCUT2D eigenvalue weighted by Gasteiger charge is 2.51. The molecule has 0 aromatic rings. The van der Waals surface area contributed by atoms with E-state index in [4.69, 9.17) is 0 Å². The highest BCUT2D eigenvalue weighted by molar-refractivity contribution is 5.78. The molecule has 0 aromatic heterocycles. The van der Waals surface area contributed by atoms with Gasteiger partial charge in [0.2, 0.25) is 5.91 Å². The van der Waals surface area contributed by atoms with Crippen molar-refractivity contribution in [1.29, 1.82) is 0 Å². The Morgan fingerprint density at radius 3 is 2.32 bits per heavy atom. The third-order valence-corrected chi connectivity index (χ3v) is 4.92. The fraction of sp³-hybridized carbons (Fsp3) is 0.933. The van der Waals surface area contributed by atoms with E-state index in [2.05, 4.69) is 10.2 Å². The number of nitrogens with one attached hydrogen (secondary N) is 1. The summed E-state index contributed by atoms with van der Waals surface area (Å²) in [6.45, 7) is 1.84. The molecule has 0 bridgehead atoms. The van der Waals surface area contributed by atoms with E-state index < -0.39 is 5.60 Å². The van der Waals surface area contributed by atoms with Gasteiger partial charge >= 0.3 is 0 Å². The minimum absolute atomic E-state index is 0.143. The quantitative estimate of drug-likeness (QED) is 0.754. The van der Waals surface area contributed by atoms with Crippen LogP contribution in [0.1, 0.15) is 51.4 Å². The second kappa shape index (κ2) is 5.41. The van der Waals surface area contributed by atoms with Crippen LogP contribution >= 0.6 is 0 Å². The van der Waals surface area contributed by atoms with Crippen LogP contribution in [0.15, 0.2) is 0 Å². The molecule has 0 aromatic carbocycles. The fourth-order valence-electron chi connectivity index (χ4n) is 3.62. The Kier molecular flexibility index (Phi) is 3.81. The minimum atomic E-state index is -0.470. The normalized spacial score (nSPS) is 28.5. The maximum absolute atomic E-state index is 12.0. The Labute approximate surface area is 115 Å². The predicted molar refractivity (Wildman–Crippen MR) is 73.7 cm³/mol. The molecule has 2 N–H and O–H groups in total. The summed E-state index contributed by atoms with van der Waals surface area (Å²) in [5.74, 6) is 0.651. The van der Waals surface area contributed by atoms with Crippen LogP contribution in [0.3, 0.4) is 0 Å².